The molecule has 0 fully saturated rings. The summed E-state index contributed by atoms with van der Waals surface area (Å²) >= 11 is 0. The number of aromatic nitrogens is 5. The first-order chi connectivity index (χ1) is 14.6. The van der Waals surface area contributed by atoms with E-state index < -0.39 is 17.2 Å². The fraction of sp³-hybridized carbons (Fsp3) is 0.476. The summed E-state index contributed by atoms with van der Waals surface area (Å²) in [5, 5.41) is 5.10. The zero-order chi connectivity index (χ0) is 22.9. The molecule has 1 amide bonds. The molecule has 0 saturated heterocycles. The second-order valence-electron chi connectivity index (χ2n) is 8.11. The number of carbonyl (C=O) groups excluding carboxylic acids is 1. The standard InChI is InChI=1S/C21H29N7O3/c1-6-7-8-27(16-17(22)28(11-12(2)3)21(31)24-19(16)29)20(30)14-9-15-13(4)25-26(5)18(15)23-10-14/h9-10,12H,6-8,11,22H2,1-5H3,(H,24,29,31). The first kappa shape index (κ1) is 22.3. The molecule has 3 N–H and O–H groups in total. The van der Waals surface area contributed by atoms with Gasteiger partial charge in [0, 0.05) is 31.7 Å². The predicted octanol–water partition coefficient (Wildman–Crippen LogP) is 1.81. The number of nitrogens with zero attached hydrogens (tertiary/aromatic N) is 5. The summed E-state index contributed by atoms with van der Waals surface area (Å²) in [6, 6.07) is 1.72. The van der Waals surface area contributed by atoms with Gasteiger partial charge in [-0.1, -0.05) is 27.2 Å². The van der Waals surface area contributed by atoms with Gasteiger partial charge in [-0.25, -0.2) is 9.78 Å². The van der Waals surface area contributed by atoms with Crippen molar-refractivity contribution in [3.05, 3.63) is 44.4 Å². The minimum Gasteiger partial charge on any atom is -0.383 e. The number of carbonyl (C=O) groups is 1. The van der Waals surface area contributed by atoms with Crippen molar-refractivity contribution in [2.45, 2.75) is 47.1 Å². The average Bonchev–Trinajstić information content (AvgIpc) is 3.00. The summed E-state index contributed by atoms with van der Waals surface area (Å²) in [6.07, 6.45) is 2.95. The maximum absolute atomic E-state index is 13.5. The van der Waals surface area contributed by atoms with Crippen molar-refractivity contribution >= 4 is 28.4 Å². The van der Waals surface area contributed by atoms with Crippen LogP contribution >= 0.6 is 0 Å². The second kappa shape index (κ2) is 8.75. The fourth-order valence-corrected chi connectivity index (χ4v) is 3.60. The fourth-order valence-electron chi connectivity index (χ4n) is 3.60. The molecule has 31 heavy (non-hydrogen) atoms. The van der Waals surface area contributed by atoms with Crippen LogP contribution in [0.4, 0.5) is 11.5 Å². The Balaban J connectivity index is 2.15. The van der Waals surface area contributed by atoms with Gasteiger partial charge in [0.25, 0.3) is 11.5 Å². The molecule has 0 aliphatic heterocycles. The summed E-state index contributed by atoms with van der Waals surface area (Å²) in [5.74, 6) is -0.296. The van der Waals surface area contributed by atoms with E-state index >= 15 is 0 Å². The van der Waals surface area contributed by atoms with Crippen molar-refractivity contribution in [2.75, 3.05) is 17.2 Å². The summed E-state index contributed by atoms with van der Waals surface area (Å²) in [7, 11) is 1.79. The summed E-state index contributed by atoms with van der Waals surface area (Å²) in [5.41, 5.74) is 6.72. The summed E-state index contributed by atoms with van der Waals surface area (Å²) in [6.45, 7) is 8.32. The molecule has 0 atom stereocenters. The van der Waals surface area contributed by atoms with E-state index in [1.165, 1.54) is 15.7 Å². The number of fused-ring (bicyclic) bond motifs is 1. The molecule has 3 aromatic rings. The SMILES string of the molecule is CCCCN(C(=O)c1cnc2c(c1)c(C)nn2C)c1c(N)n(CC(C)C)c(=O)[nH]c1=O. The van der Waals surface area contributed by atoms with Crippen LogP contribution in [0.15, 0.2) is 21.9 Å². The Morgan fingerprint density at radius 3 is 2.68 bits per heavy atom. The molecule has 3 aromatic heterocycles. The van der Waals surface area contributed by atoms with Gasteiger partial charge in [-0.05, 0) is 25.3 Å². The maximum atomic E-state index is 13.5. The van der Waals surface area contributed by atoms with Gasteiger partial charge in [0.2, 0.25) is 0 Å². The number of nitrogens with one attached hydrogen (secondary N) is 1. The Kier molecular flexibility index (Phi) is 6.28. The van der Waals surface area contributed by atoms with Gasteiger partial charge < -0.3 is 10.6 Å². The number of nitrogens with two attached hydrogens (primary N) is 1. The van der Waals surface area contributed by atoms with Crippen molar-refractivity contribution in [3.63, 3.8) is 0 Å². The van der Waals surface area contributed by atoms with Crippen LogP contribution in [-0.2, 0) is 13.6 Å². The number of pyridine rings is 1. The molecule has 0 spiro atoms. The molecule has 3 heterocycles. The Labute approximate surface area is 179 Å². The number of nitrogen functional groups attached to an aromatic ring is 1. The van der Waals surface area contributed by atoms with E-state index in [1.54, 1.807) is 17.8 Å². The van der Waals surface area contributed by atoms with E-state index in [9.17, 15) is 14.4 Å². The zero-order valence-electron chi connectivity index (χ0n) is 18.6. The van der Waals surface area contributed by atoms with Crippen molar-refractivity contribution in [2.24, 2.45) is 13.0 Å². The first-order valence-electron chi connectivity index (χ1n) is 10.4. The highest BCUT2D eigenvalue weighted by Crippen LogP contribution is 2.23. The lowest BCUT2D eigenvalue weighted by Gasteiger charge is -2.25. The van der Waals surface area contributed by atoms with Gasteiger partial charge in [0.05, 0.1) is 11.3 Å². The monoisotopic (exact) mass is 427 g/mol. The van der Waals surface area contributed by atoms with Crippen LogP contribution in [0.2, 0.25) is 0 Å². The van der Waals surface area contributed by atoms with Gasteiger partial charge in [0.15, 0.2) is 11.3 Å². The van der Waals surface area contributed by atoms with Gasteiger partial charge in [-0.3, -0.25) is 23.8 Å². The topological polar surface area (TPSA) is 132 Å². The van der Waals surface area contributed by atoms with Gasteiger partial charge >= 0.3 is 5.69 Å². The number of hydrogen-bond donors (Lipinski definition) is 2. The maximum Gasteiger partial charge on any atom is 0.330 e. The summed E-state index contributed by atoms with van der Waals surface area (Å²) in [4.78, 5) is 46.6. The molecule has 0 bridgehead atoms. The van der Waals surface area contributed by atoms with Gasteiger partial charge in [-0.2, -0.15) is 5.10 Å². The van der Waals surface area contributed by atoms with E-state index in [0.29, 0.717) is 24.2 Å². The van der Waals surface area contributed by atoms with E-state index in [2.05, 4.69) is 15.1 Å². The predicted molar refractivity (Wildman–Crippen MR) is 120 cm³/mol. The molecular weight excluding hydrogens is 398 g/mol. The van der Waals surface area contributed by atoms with Crippen molar-refractivity contribution in [1.82, 2.24) is 24.3 Å². The molecular formula is C21H29N7O3. The Hall–Kier alpha value is -3.43. The molecule has 0 unspecified atom stereocenters. The number of anilines is 2. The van der Waals surface area contributed by atoms with Crippen LogP contribution in [0.1, 0.15) is 49.7 Å². The minimum atomic E-state index is -0.682. The van der Waals surface area contributed by atoms with E-state index in [1.807, 2.05) is 27.7 Å². The minimum absolute atomic E-state index is 0.0123. The number of amides is 1. The normalized spacial score (nSPS) is 11.4. The number of H-pyrrole nitrogens is 1. The quantitative estimate of drug-likeness (QED) is 0.591. The number of aromatic amines is 1. The lowest BCUT2D eigenvalue weighted by molar-refractivity contribution is 0.0986. The summed E-state index contributed by atoms with van der Waals surface area (Å²) < 4.78 is 2.96. The Morgan fingerprint density at radius 2 is 2.03 bits per heavy atom. The third kappa shape index (κ3) is 4.23. The molecule has 0 aliphatic carbocycles. The van der Waals surface area contributed by atoms with E-state index in [0.717, 1.165) is 17.5 Å². The van der Waals surface area contributed by atoms with Crippen molar-refractivity contribution in [3.8, 4) is 0 Å². The molecule has 0 saturated carbocycles. The van der Waals surface area contributed by atoms with Crippen LogP contribution in [0.3, 0.4) is 0 Å². The molecule has 10 heteroatoms. The van der Waals surface area contributed by atoms with E-state index in [4.69, 9.17) is 5.73 Å². The molecule has 166 valence electrons. The number of hydrogen-bond acceptors (Lipinski definition) is 6. The number of rotatable bonds is 7. The highest BCUT2D eigenvalue weighted by atomic mass is 16.2. The lowest BCUT2D eigenvalue weighted by atomic mass is 10.1. The molecule has 3 rings (SSSR count). The smallest absolute Gasteiger partial charge is 0.330 e. The third-order valence-electron chi connectivity index (χ3n) is 5.12. The van der Waals surface area contributed by atoms with Crippen LogP contribution in [0.25, 0.3) is 11.0 Å². The highest BCUT2D eigenvalue weighted by Gasteiger charge is 2.26. The van der Waals surface area contributed by atoms with Crippen molar-refractivity contribution < 1.29 is 4.79 Å². The second-order valence-corrected chi connectivity index (χ2v) is 8.11. The average molecular weight is 428 g/mol. The Morgan fingerprint density at radius 1 is 1.32 bits per heavy atom. The van der Waals surface area contributed by atoms with Crippen LogP contribution in [-0.4, -0.2) is 36.8 Å². The van der Waals surface area contributed by atoms with E-state index in [-0.39, 0.29) is 24.0 Å². The highest BCUT2D eigenvalue weighted by molar-refractivity contribution is 6.08. The van der Waals surface area contributed by atoms with Crippen LogP contribution in [0.5, 0.6) is 0 Å². The van der Waals surface area contributed by atoms with Gasteiger partial charge in [0.1, 0.15) is 5.82 Å². The molecule has 0 aromatic carbocycles. The zero-order valence-corrected chi connectivity index (χ0v) is 18.6. The Bertz CT molecular complexity index is 1240. The first-order valence-corrected chi connectivity index (χ1v) is 10.4. The van der Waals surface area contributed by atoms with Crippen LogP contribution < -0.4 is 21.9 Å². The number of aryl methyl sites for hydroxylation is 2. The third-order valence-corrected chi connectivity index (χ3v) is 5.12. The number of unbranched alkanes of at least 4 members (excludes halogenated alkanes) is 1. The molecule has 0 aliphatic rings. The van der Waals surface area contributed by atoms with Crippen molar-refractivity contribution in [1.29, 1.82) is 0 Å². The lowest BCUT2D eigenvalue weighted by Crippen LogP contribution is -2.42. The molecule has 10 nitrogen and oxygen atoms in total. The van der Waals surface area contributed by atoms with Crippen LogP contribution in [0, 0.1) is 12.8 Å². The van der Waals surface area contributed by atoms with Gasteiger partial charge in [-0.15, -0.1) is 0 Å². The largest absolute Gasteiger partial charge is 0.383 e. The molecule has 0 radical (unpaired) electrons.